The lowest BCUT2D eigenvalue weighted by Crippen LogP contribution is -2.04. The molecule has 3 heteroatoms. The first-order valence-electron chi connectivity index (χ1n) is 5.94. The summed E-state index contributed by atoms with van der Waals surface area (Å²) in [6, 6.07) is 10.3. The number of fused-ring (bicyclic) bond motifs is 1. The van der Waals surface area contributed by atoms with E-state index in [1.807, 2.05) is 31.6 Å². The van der Waals surface area contributed by atoms with Crippen molar-refractivity contribution in [3.63, 3.8) is 0 Å². The van der Waals surface area contributed by atoms with Crippen LogP contribution in [0.1, 0.15) is 5.76 Å². The number of hydrogen-bond donors (Lipinski definition) is 1. The van der Waals surface area contributed by atoms with Crippen molar-refractivity contribution in [1.29, 1.82) is 0 Å². The molecule has 90 valence electrons. The second kappa shape index (κ2) is 4.63. The fraction of sp³-hybridized carbons (Fsp3) is 0.133. The topological polar surface area (TPSA) is 38.1 Å². The van der Waals surface area contributed by atoms with Gasteiger partial charge in [-0.1, -0.05) is 18.2 Å². The maximum atomic E-state index is 5.53. The van der Waals surface area contributed by atoms with Gasteiger partial charge >= 0.3 is 0 Å². The average Bonchev–Trinajstić information content (AvgIpc) is 2.87. The average molecular weight is 238 g/mol. The highest BCUT2D eigenvalue weighted by Gasteiger charge is 2.10. The van der Waals surface area contributed by atoms with E-state index >= 15 is 0 Å². The number of nitrogens with one attached hydrogen (secondary N) is 1. The monoisotopic (exact) mass is 238 g/mol. The Kier molecular flexibility index (Phi) is 2.82. The maximum Gasteiger partial charge on any atom is 0.125 e. The van der Waals surface area contributed by atoms with Gasteiger partial charge < -0.3 is 9.73 Å². The molecule has 0 bridgehead atoms. The molecule has 3 aromatic rings. The van der Waals surface area contributed by atoms with E-state index in [0.717, 1.165) is 23.3 Å². The number of furan rings is 1. The van der Waals surface area contributed by atoms with Gasteiger partial charge in [0.15, 0.2) is 0 Å². The van der Waals surface area contributed by atoms with Gasteiger partial charge in [0.1, 0.15) is 5.76 Å². The first-order valence-corrected chi connectivity index (χ1v) is 5.94. The Balaban J connectivity index is 2.22. The number of benzene rings is 1. The van der Waals surface area contributed by atoms with Crippen LogP contribution < -0.4 is 5.32 Å². The smallest absolute Gasteiger partial charge is 0.125 e. The molecule has 0 fully saturated rings. The SMILES string of the molecule is CNCc1occc1-c1cccc2cnccc12. The van der Waals surface area contributed by atoms with E-state index < -0.39 is 0 Å². The van der Waals surface area contributed by atoms with Crippen molar-refractivity contribution in [2.75, 3.05) is 7.05 Å². The second-order valence-electron chi connectivity index (χ2n) is 4.19. The van der Waals surface area contributed by atoms with Crippen molar-refractivity contribution in [3.8, 4) is 11.1 Å². The molecule has 0 aliphatic heterocycles. The molecule has 0 saturated heterocycles. The van der Waals surface area contributed by atoms with Gasteiger partial charge in [-0.3, -0.25) is 4.98 Å². The largest absolute Gasteiger partial charge is 0.467 e. The van der Waals surface area contributed by atoms with Crippen LogP contribution in [0, 0.1) is 0 Å². The van der Waals surface area contributed by atoms with Crippen LogP contribution in [0.2, 0.25) is 0 Å². The number of rotatable bonds is 3. The lowest BCUT2D eigenvalue weighted by atomic mass is 10.00. The molecule has 1 N–H and O–H groups in total. The first kappa shape index (κ1) is 11.0. The van der Waals surface area contributed by atoms with Gasteiger partial charge in [0.25, 0.3) is 0 Å². The van der Waals surface area contributed by atoms with E-state index in [0.29, 0.717) is 0 Å². The van der Waals surface area contributed by atoms with Crippen LogP contribution in [0.25, 0.3) is 21.9 Å². The molecule has 0 unspecified atom stereocenters. The third-order valence-corrected chi connectivity index (χ3v) is 3.05. The van der Waals surface area contributed by atoms with Crippen LogP contribution in [-0.4, -0.2) is 12.0 Å². The molecular formula is C15H14N2O. The number of aromatic nitrogens is 1. The molecule has 2 aromatic heterocycles. The Labute approximate surface area is 105 Å². The van der Waals surface area contributed by atoms with Gasteiger partial charge in [-0.2, -0.15) is 0 Å². The molecule has 0 atom stereocenters. The van der Waals surface area contributed by atoms with E-state index in [1.165, 1.54) is 10.9 Å². The summed E-state index contributed by atoms with van der Waals surface area (Å²) in [6.07, 6.45) is 5.45. The molecule has 0 radical (unpaired) electrons. The van der Waals surface area contributed by atoms with E-state index in [2.05, 4.69) is 28.5 Å². The van der Waals surface area contributed by atoms with Crippen LogP contribution in [0.4, 0.5) is 0 Å². The zero-order valence-electron chi connectivity index (χ0n) is 10.2. The Morgan fingerprint density at radius 1 is 1.17 bits per heavy atom. The fourth-order valence-corrected chi connectivity index (χ4v) is 2.24. The van der Waals surface area contributed by atoms with Crippen molar-refractivity contribution < 1.29 is 4.42 Å². The minimum atomic E-state index is 0.726. The number of nitrogens with zero attached hydrogens (tertiary/aromatic N) is 1. The highest BCUT2D eigenvalue weighted by atomic mass is 16.3. The van der Waals surface area contributed by atoms with Gasteiger partial charge in [0.2, 0.25) is 0 Å². The lowest BCUT2D eigenvalue weighted by Gasteiger charge is -2.06. The Bertz CT molecular complexity index is 668. The van der Waals surface area contributed by atoms with E-state index in [4.69, 9.17) is 4.42 Å². The lowest BCUT2D eigenvalue weighted by molar-refractivity contribution is 0.497. The Morgan fingerprint density at radius 2 is 2.11 bits per heavy atom. The minimum Gasteiger partial charge on any atom is -0.467 e. The summed E-state index contributed by atoms with van der Waals surface area (Å²) in [7, 11) is 1.92. The molecule has 0 spiro atoms. The third-order valence-electron chi connectivity index (χ3n) is 3.05. The summed E-state index contributed by atoms with van der Waals surface area (Å²) >= 11 is 0. The quantitative estimate of drug-likeness (QED) is 0.761. The molecule has 18 heavy (non-hydrogen) atoms. The van der Waals surface area contributed by atoms with Gasteiger partial charge in [-0.15, -0.1) is 0 Å². The van der Waals surface area contributed by atoms with E-state index in [1.54, 1.807) is 6.26 Å². The third kappa shape index (κ3) is 1.79. The predicted octanol–water partition coefficient (Wildman–Crippen LogP) is 3.21. The van der Waals surface area contributed by atoms with Gasteiger partial charge in [-0.25, -0.2) is 0 Å². The maximum absolute atomic E-state index is 5.53. The Hall–Kier alpha value is -2.13. The van der Waals surface area contributed by atoms with Crippen molar-refractivity contribution in [3.05, 3.63) is 54.7 Å². The summed E-state index contributed by atoms with van der Waals surface area (Å²) in [6.45, 7) is 0.726. The molecule has 1 aromatic carbocycles. The van der Waals surface area contributed by atoms with Crippen LogP contribution in [0.15, 0.2) is 53.4 Å². The Morgan fingerprint density at radius 3 is 3.00 bits per heavy atom. The molecule has 0 aliphatic carbocycles. The van der Waals surface area contributed by atoms with Crippen molar-refractivity contribution in [1.82, 2.24) is 10.3 Å². The second-order valence-corrected chi connectivity index (χ2v) is 4.19. The summed E-state index contributed by atoms with van der Waals surface area (Å²) in [5.74, 6) is 0.960. The zero-order chi connectivity index (χ0) is 12.4. The molecule has 3 rings (SSSR count). The van der Waals surface area contributed by atoms with Gasteiger partial charge in [-0.05, 0) is 30.1 Å². The van der Waals surface area contributed by atoms with Crippen LogP contribution in [-0.2, 0) is 6.54 Å². The molecule has 0 aliphatic rings. The minimum absolute atomic E-state index is 0.726. The summed E-state index contributed by atoms with van der Waals surface area (Å²) < 4.78 is 5.53. The summed E-state index contributed by atoms with van der Waals surface area (Å²) in [5, 5.41) is 5.47. The first-order chi connectivity index (χ1) is 8.90. The zero-order valence-corrected chi connectivity index (χ0v) is 10.2. The summed E-state index contributed by atoms with van der Waals surface area (Å²) in [4.78, 5) is 4.16. The van der Waals surface area contributed by atoms with Crippen LogP contribution >= 0.6 is 0 Å². The predicted molar refractivity (Wildman–Crippen MR) is 72.2 cm³/mol. The molecule has 3 nitrogen and oxygen atoms in total. The molecular weight excluding hydrogens is 224 g/mol. The highest BCUT2D eigenvalue weighted by molar-refractivity contribution is 5.96. The fourth-order valence-electron chi connectivity index (χ4n) is 2.24. The number of hydrogen-bond acceptors (Lipinski definition) is 3. The molecule has 2 heterocycles. The highest BCUT2D eigenvalue weighted by Crippen LogP contribution is 2.31. The van der Waals surface area contributed by atoms with Crippen molar-refractivity contribution in [2.45, 2.75) is 6.54 Å². The van der Waals surface area contributed by atoms with Crippen molar-refractivity contribution >= 4 is 10.8 Å². The van der Waals surface area contributed by atoms with Crippen LogP contribution in [0.3, 0.4) is 0 Å². The van der Waals surface area contributed by atoms with Gasteiger partial charge in [0.05, 0.1) is 12.8 Å². The molecule has 0 amide bonds. The van der Waals surface area contributed by atoms with Crippen LogP contribution in [0.5, 0.6) is 0 Å². The van der Waals surface area contributed by atoms with Gasteiger partial charge in [0, 0.05) is 23.3 Å². The standard InChI is InChI=1S/C15H14N2O/c1-16-10-15-14(6-8-18-15)13-4-2-3-11-9-17-7-5-12(11)13/h2-9,16H,10H2,1H3. The summed E-state index contributed by atoms with van der Waals surface area (Å²) in [5.41, 5.74) is 2.33. The van der Waals surface area contributed by atoms with E-state index in [-0.39, 0.29) is 0 Å². The molecule has 0 saturated carbocycles. The van der Waals surface area contributed by atoms with E-state index in [9.17, 15) is 0 Å². The normalized spacial score (nSPS) is 10.9. The van der Waals surface area contributed by atoms with Crippen molar-refractivity contribution in [2.24, 2.45) is 0 Å². The number of pyridine rings is 1.